The van der Waals surface area contributed by atoms with Gasteiger partial charge in [-0.3, -0.25) is 14.4 Å². The van der Waals surface area contributed by atoms with E-state index in [1.54, 1.807) is 0 Å². The van der Waals surface area contributed by atoms with E-state index < -0.39 is 20.2 Å². The molecule has 0 aromatic heterocycles. The molecule has 0 saturated carbocycles. The predicted molar refractivity (Wildman–Crippen MR) is 71.8 cm³/mol. The molecule has 0 amide bonds. The van der Waals surface area contributed by atoms with E-state index in [4.69, 9.17) is 0 Å². The molecule has 1 aliphatic rings. The van der Waals surface area contributed by atoms with Crippen LogP contribution in [-0.4, -0.2) is 31.1 Å². The molecule has 0 spiro atoms. The standard InChI is InChI=1S/C10H23NO6P2/c12-18(13,14)10(19(15,16)17)8-6-4-2-1-3-5-7-9-11-10/h11H,1-9H2,(H2,12,13,14)(H2,15,16,17). The van der Waals surface area contributed by atoms with Crippen LogP contribution in [0.25, 0.3) is 0 Å². The molecule has 9 heteroatoms. The first kappa shape index (κ1) is 17.3. The van der Waals surface area contributed by atoms with Gasteiger partial charge < -0.3 is 19.6 Å². The van der Waals surface area contributed by atoms with E-state index in [0.717, 1.165) is 32.1 Å². The van der Waals surface area contributed by atoms with Gasteiger partial charge in [0.05, 0.1) is 0 Å². The smallest absolute Gasteiger partial charge is 0.323 e. The van der Waals surface area contributed by atoms with Crippen LogP contribution in [0.5, 0.6) is 0 Å². The Morgan fingerprint density at radius 1 is 0.737 bits per heavy atom. The van der Waals surface area contributed by atoms with E-state index in [9.17, 15) is 28.7 Å². The van der Waals surface area contributed by atoms with Crippen LogP contribution in [0.4, 0.5) is 0 Å². The third-order valence-corrected chi connectivity index (χ3v) is 7.83. The molecule has 0 aliphatic carbocycles. The van der Waals surface area contributed by atoms with Gasteiger partial charge in [0.1, 0.15) is 0 Å². The molecule has 5 N–H and O–H groups in total. The minimum Gasteiger partial charge on any atom is -0.323 e. The summed E-state index contributed by atoms with van der Waals surface area (Å²) < 4.78 is 23.3. The van der Waals surface area contributed by atoms with Gasteiger partial charge in [0, 0.05) is 0 Å². The van der Waals surface area contributed by atoms with Crippen LogP contribution in [0.3, 0.4) is 0 Å². The lowest BCUT2D eigenvalue weighted by Gasteiger charge is -2.35. The van der Waals surface area contributed by atoms with Crippen molar-refractivity contribution in [2.45, 2.75) is 56.4 Å². The molecule has 0 unspecified atom stereocenters. The van der Waals surface area contributed by atoms with Gasteiger partial charge >= 0.3 is 15.2 Å². The van der Waals surface area contributed by atoms with E-state index >= 15 is 0 Å². The zero-order valence-corrected chi connectivity index (χ0v) is 12.7. The second-order valence-corrected chi connectivity index (χ2v) is 9.11. The quantitative estimate of drug-likeness (QED) is 0.491. The molecule has 19 heavy (non-hydrogen) atoms. The first-order valence-corrected chi connectivity index (χ1v) is 9.79. The average Bonchev–Trinajstić information content (AvgIpc) is 2.29. The maximum atomic E-state index is 11.6. The van der Waals surface area contributed by atoms with Crippen molar-refractivity contribution in [2.75, 3.05) is 6.54 Å². The Labute approximate surface area is 113 Å². The lowest BCUT2D eigenvalue weighted by Crippen LogP contribution is -2.45. The Kier molecular flexibility index (Phi) is 6.21. The van der Waals surface area contributed by atoms with Crippen molar-refractivity contribution in [3.8, 4) is 0 Å². The van der Waals surface area contributed by atoms with Gasteiger partial charge in [-0.1, -0.05) is 38.5 Å². The van der Waals surface area contributed by atoms with Gasteiger partial charge in [0.2, 0.25) is 5.02 Å². The lowest BCUT2D eigenvalue weighted by atomic mass is 10.1. The van der Waals surface area contributed by atoms with Crippen LogP contribution < -0.4 is 5.32 Å². The molecular formula is C10H23NO6P2. The van der Waals surface area contributed by atoms with Crippen LogP contribution in [0.2, 0.25) is 0 Å². The summed E-state index contributed by atoms with van der Waals surface area (Å²) in [4.78, 5) is 37.7. The minimum absolute atomic E-state index is 0.205. The molecule has 1 rings (SSSR count). The number of nitrogens with one attached hydrogen (secondary N) is 1. The fourth-order valence-electron chi connectivity index (χ4n) is 2.42. The third-order valence-electron chi connectivity index (χ3n) is 3.57. The van der Waals surface area contributed by atoms with Crippen molar-refractivity contribution in [2.24, 2.45) is 0 Å². The lowest BCUT2D eigenvalue weighted by molar-refractivity contribution is 0.277. The fourth-order valence-corrected chi connectivity index (χ4v) is 5.32. The molecule has 1 aliphatic heterocycles. The Morgan fingerprint density at radius 2 is 1.16 bits per heavy atom. The molecule has 0 aromatic carbocycles. The zero-order valence-electron chi connectivity index (χ0n) is 10.9. The normalized spacial score (nSPS) is 23.6. The highest BCUT2D eigenvalue weighted by Crippen LogP contribution is 2.69. The van der Waals surface area contributed by atoms with Crippen molar-refractivity contribution in [1.82, 2.24) is 5.32 Å². The predicted octanol–water partition coefficient (Wildman–Crippen LogP) is 1.72. The van der Waals surface area contributed by atoms with Crippen LogP contribution in [-0.2, 0) is 9.13 Å². The van der Waals surface area contributed by atoms with Gasteiger partial charge in [0.15, 0.2) is 0 Å². The summed E-state index contributed by atoms with van der Waals surface area (Å²) in [5.41, 5.74) is 0. The molecule has 1 fully saturated rings. The summed E-state index contributed by atoms with van der Waals surface area (Å²) in [5.74, 6) is 0. The van der Waals surface area contributed by atoms with E-state index in [1.165, 1.54) is 0 Å². The number of rotatable bonds is 2. The summed E-state index contributed by atoms with van der Waals surface area (Å²) in [6.45, 7) is 0.205. The summed E-state index contributed by atoms with van der Waals surface area (Å²) in [5, 5.41) is 0.0720. The molecule has 0 bridgehead atoms. The molecule has 0 atom stereocenters. The molecule has 7 nitrogen and oxygen atoms in total. The van der Waals surface area contributed by atoms with Crippen molar-refractivity contribution in [3.05, 3.63) is 0 Å². The van der Waals surface area contributed by atoms with Crippen LogP contribution in [0.1, 0.15) is 51.4 Å². The van der Waals surface area contributed by atoms with Gasteiger partial charge in [-0.15, -0.1) is 0 Å². The van der Waals surface area contributed by atoms with Crippen LogP contribution in [0.15, 0.2) is 0 Å². The molecule has 0 radical (unpaired) electrons. The summed E-state index contributed by atoms with van der Waals surface area (Å²) in [6, 6.07) is 0. The number of hydrogen-bond donors (Lipinski definition) is 5. The highest BCUT2D eigenvalue weighted by molar-refractivity contribution is 7.72. The zero-order chi connectivity index (χ0) is 14.6. The van der Waals surface area contributed by atoms with E-state index in [2.05, 4.69) is 5.32 Å². The van der Waals surface area contributed by atoms with Crippen LogP contribution in [0, 0.1) is 0 Å². The maximum Gasteiger partial charge on any atom is 0.357 e. The van der Waals surface area contributed by atoms with Gasteiger partial charge in [-0.05, 0) is 19.4 Å². The molecule has 1 heterocycles. The van der Waals surface area contributed by atoms with E-state index in [0.29, 0.717) is 12.8 Å². The van der Waals surface area contributed by atoms with E-state index in [1.807, 2.05) is 0 Å². The first-order chi connectivity index (χ1) is 8.71. The molecule has 114 valence electrons. The highest BCUT2D eigenvalue weighted by Gasteiger charge is 2.59. The van der Waals surface area contributed by atoms with Crippen molar-refractivity contribution >= 4 is 15.2 Å². The fraction of sp³-hybridized carbons (Fsp3) is 1.00. The van der Waals surface area contributed by atoms with Crippen molar-refractivity contribution < 1.29 is 28.7 Å². The van der Waals surface area contributed by atoms with Gasteiger partial charge in [0.25, 0.3) is 0 Å². The molecular weight excluding hydrogens is 292 g/mol. The van der Waals surface area contributed by atoms with E-state index in [-0.39, 0.29) is 13.0 Å². The van der Waals surface area contributed by atoms with Crippen LogP contribution >= 0.6 is 15.2 Å². The minimum atomic E-state index is -4.96. The SMILES string of the molecule is O=P(O)(O)C1(P(=O)(O)O)CCCCCCCCCN1. The monoisotopic (exact) mass is 315 g/mol. The molecule has 1 saturated heterocycles. The van der Waals surface area contributed by atoms with Gasteiger partial charge in [-0.25, -0.2) is 0 Å². The number of hydrogen-bond acceptors (Lipinski definition) is 3. The summed E-state index contributed by atoms with van der Waals surface area (Å²) in [7, 11) is -9.93. The topological polar surface area (TPSA) is 127 Å². The Bertz CT molecular complexity index is 340. The third kappa shape index (κ3) is 4.36. The summed E-state index contributed by atoms with van der Waals surface area (Å²) >= 11 is 0. The second-order valence-electron chi connectivity index (χ2n) is 5.06. The highest BCUT2D eigenvalue weighted by atomic mass is 31.2. The summed E-state index contributed by atoms with van der Waals surface area (Å²) in [6.07, 6.45) is 5.49. The van der Waals surface area contributed by atoms with Crippen molar-refractivity contribution in [1.29, 1.82) is 0 Å². The molecule has 0 aromatic rings. The van der Waals surface area contributed by atoms with Crippen molar-refractivity contribution in [3.63, 3.8) is 0 Å². The maximum absolute atomic E-state index is 11.6. The largest absolute Gasteiger partial charge is 0.357 e. The first-order valence-electron chi connectivity index (χ1n) is 6.57. The van der Waals surface area contributed by atoms with Gasteiger partial charge in [-0.2, -0.15) is 0 Å². The second kappa shape index (κ2) is 6.81. The Morgan fingerprint density at radius 3 is 1.63 bits per heavy atom. The average molecular weight is 315 g/mol. The Hall–Kier alpha value is 0.260. The Balaban J connectivity index is 3.01.